The van der Waals surface area contributed by atoms with Gasteiger partial charge in [0.05, 0.1) is 0 Å². The molecular formula is C6H9NO2. The molecule has 3 nitrogen and oxygen atoms in total. The molecule has 0 aromatic rings. The average molecular weight is 127 g/mol. The van der Waals surface area contributed by atoms with Crippen LogP contribution in [-0.4, -0.2) is 6.09 Å². The van der Waals surface area contributed by atoms with Gasteiger partial charge in [-0.25, -0.2) is 4.79 Å². The minimum atomic E-state index is -0.849. The molecule has 0 aromatic carbocycles. The van der Waals surface area contributed by atoms with Crippen LogP contribution in [-0.2, 0) is 4.74 Å². The van der Waals surface area contributed by atoms with Crippen molar-refractivity contribution in [1.82, 2.24) is 0 Å². The van der Waals surface area contributed by atoms with Crippen molar-refractivity contribution in [3.63, 3.8) is 0 Å². The summed E-state index contributed by atoms with van der Waals surface area (Å²) in [5, 5.41) is 0. The van der Waals surface area contributed by atoms with E-state index in [1.807, 2.05) is 6.92 Å². The van der Waals surface area contributed by atoms with E-state index < -0.39 is 6.09 Å². The minimum Gasteiger partial charge on any atom is -0.356 e. The molecule has 0 radical (unpaired) electrons. The maximum absolute atomic E-state index is 9.86. The highest BCUT2D eigenvalue weighted by Gasteiger charge is 1.83. The Morgan fingerprint density at radius 3 is 2.89 bits per heavy atom. The fourth-order valence-corrected chi connectivity index (χ4v) is 0.262. The lowest BCUT2D eigenvalue weighted by Crippen LogP contribution is -2.08. The van der Waals surface area contributed by atoms with Crippen LogP contribution in [0, 0.1) is 12.0 Å². The van der Waals surface area contributed by atoms with Crippen LogP contribution in [0.4, 0.5) is 4.79 Å². The molecular weight excluding hydrogens is 118 g/mol. The molecule has 0 aliphatic rings. The minimum absolute atomic E-state index is 0.729. The Hall–Kier alpha value is -1.17. The van der Waals surface area contributed by atoms with Crippen LogP contribution in [0.25, 0.3) is 0 Å². The Kier molecular flexibility index (Phi) is 4.33. The number of hydrogen-bond donors (Lipinski definition) is 1. The van der Waals surface area contributed by atoms with Gasteiger partial charge in [0.1, 0.15) is 6.11 Å². The molecule has 0 aromatic heterocycles. The first-order chi connectivity index (χ1) is 4.27. The van der Waals surface area contributed by atoms with Gasteiger partial charge in [-0.05, 0) is 6.42 Å². The molecule has 2 N–H and O–H groups in total. The van der Waals surface area contributed by atoms with Crippen molar-refractivity contribution in [2.75, 3.05) is 0 Å². The van der Waals surface area contributed by atoms with Crippen molar-refractivity contribution in [3.05, 3.63) is 0 Å². The lowest BCUT2D eigenvalue weighted by Gasteiger charge is -1.82. The highest BCUT2D eigenvalue weighted by atomic mass is 16.5. The van der Waals surface area contributed by atoms with E-state index in [4.69, 9.17) is 0 Å². The van der Waals surface area contributed by atoms with E-state index in [1.54, 1.807) is 0 Å². The lowest BCUT2D eigenvalue weighted by atomic mass is 10.4. The molecule has 0 fully saturated rings. The molecule has 0 aliphatic carbocycles. The zero-order chi connectivity index (χ0) is 7.11. The number of carbonyl (C=O) groups is 1. The number of unbranched alkanes of at least 4 members (excludes halogenated alkanes) is 1. The first kappa shape index (κ1) is 7.83. The third kappa shape index (κ3) is 6.83. The van der Waals surface area contributed by atoms with Crippen molar-refractivity contribution in [2.24, 2.45) is 5.73 Å². The van der Waals surface area contributed by atoms with Crippen molar-refractivity contribution >= 4 is 6.09 Å². The van der Waals surface area contributed by atoms with Gasteiger partial charge in [-0.3, -0.25) is 0 Å². The number of primary amides is 1. The van der Waals surface area contributed by atoms with E-state index in [-0.39, 0.29) is 0 Å². The number of amides is 1. The molecule has 0 heterocycles. The summed E-state index contributed by atoms with van der Waals surface area (Å²) in [5.41, 5.74) is 4.61. The molecule has 9 heavy (non-hydrogen) atoms. The number of rotatable bonds is 1. The third-order valence-electron chi connectivity index (χ3n) is 0.599. The van der Waals surface area contributed by atoms with Gasteiger partial charge >= 0.3 is 6.09 Å². The fraction of sp³-hybridized carbons (Fsp3) is 0.500. The summed E-state index contributed by atoms with van der Waals surface area (Å²) < 4.78 is 4.12. The molecule has 0 atom stereocenters. The van der Waals surface area contributed by atoms with E-state index in [2.05, 4.69) is 22.5 Å². The predicted molar refractivity (Wildman–Crippen MR) is 33.4 cm³/mol. The van der Waals surface area contributed by atoms with E-state index in [0.29, 0.717) is 0 Å². The van der Waals surface area contributed by atoms with E-state index >= 15 is 0 Å². The second-order valence-corrected chi connectivity index (χ2v) is 1.45. The Morgan fingerprint density at radius 2 is 2.44 bits per heavy atom. The van der Waals surface area contributed by atoms with Gasteiger partial charge in [0, 0.05) is 6.42 Å². The first-order valence-electron chi connectivity index (χ1n) is 2.71. The van der Waals surface area contributed by atoms with Crippen LogP contribution in [0.3, 0.4) is 0 Å². The molecule has 0 spiro atoms. The normalized spacial score (nSPS) is 7.22. The number of ether oxygens (including phenoxy) is 1. The number of nitrogens with two attached hydrogens (primary N) is 1. The lowest BCUT2D eigenvalue weighted by molar-refractivity contribution is 0.202. The Balaban J connectivity index is 3.26. The van der Waals surface area contributed by atoms with Gasteiger partial charge in [0.15, 0.2) is 0 Å². The molecule has 0 aliphatic heterocycles. The van der Waals surface area contributed by atoms with Gasteiger partial charge in [-0.1, -0.05) is 12.8 Å². The summed E-state index contributed by atoms with van der Waals surface area (Å²) in [4.78, 5) is 9.86. The summed E-state index contributed by atoms with van der Waals surface area (Å²) in [7, 11) is 0. The summed E-state index contributed by atoms with van der Waals surface area (Å²) in [6, 6.07) is 0. The topological polar surface area (TPSA) is 52.3 Å². The third-order valence-corrected chi connectivity index (χ3v) is 0.599. The fourth-order valence-electron chi connectivity index (χ4n) is 0.262. The van der Waals surface area contributed by atoms with Gasteiger partial charge < -0.3 is 10.5 Å². The Labute approximate surface area is 54.2 Å². The van der Waals surface area contributed by atoms with E-state index in [1.165, 1.54) is 0 Å². The van der Waals surface area contributed by atoms with Crippen molar-refractivity contribution in [1.29, 1.82) is 0 Å². The Bertz CT molecular complexity index is 143. The first-order valence-corrected chi connectivity index (χ1v) is 2.71. The summed E-state index contributed by atoms with van der Waals surface area (Å²) in [6.45, 7) is 1.99. The van der Waals surface area contributed by atoms with Gasteiger partial charge in [-0.15, -0.1) is 0 Å². The Morgan fingerprint density at radius 1 is 1.78 bits per heavy atom. The second kappa shape index (κ2) is 4.98. The van der Waals surface area contributed by atoms with Gasteiger partial charge in [0.25, 0.3) is 0 Å². The van der Waals surface area contributed by atoms with Crippen LogP contribution >= 0.6 is 0 Å². The van der Waals surface area contributed by atoms with Crippen molar-refractivity contribution in [2.45, 2.75) is 19.8 Å². The molecule has 0 saturated carbocycles. The molecule has 0 unspecified atom stereocenters. The summed E-state index contributed by atoms with van der Waals surface area (Å²) >= 11 is 0. The monoisotopic (exact) mass is 127 g/mol. The molecule has 0 saturated heterocycles. The molecule has 50 valence electrons. The van der Waals surface area contributed by atoms with E-state index in [9.17, 15) is 4.79 Å². The maximum Gasteiger partial charge on any atom is 0.418 e. The number of hydrogen-bond acceptors (Lipinski definition) is 2. The van der Waals surface area contributed by atoms with Crippen LogP contribution in [0.5, 0.6) is 0 Å². The largest absolute Gasteiger partial charge is 0.418 e. The van der Waals surface area contributed by atoms with Gasteiger partial charge in [0.2, 0.25) is 0 Å². The highest BCUT2D eigenvalue weighted by Crippen LogP contribution is 1.80. The molecule has 1 amide bonds. The van der Waals surface area contributed by atoms with Crippen LogP contribution in [0.15, 0.2) is 0 Å². The highest BCUT2D eigenvalue weighted by molar-refractivity contribution is 5.65. The summed E-state index contributed by atoms with van der Waals surface area (Å²) in [5.74, 6) is 2.59. The quantitative estimate of drug-likeness (QED) is 0.531. The van der Waals surface area contributed by atoms with E-state index in [0.717, 1.165) is 12.8 Å². The number of carbonyl (C=O) groups excluding carboxylic acids is 1. The zero-order valence-corrected chi connectivity index (χ0v) is 5.31. The van der Waals surface area contributed by atoms with Crippen molar-refractivity contribution in [3.8, 4) is 12.0 Å². The molecule has 3 heteroatoms. The van der Waals surface area contributed by atoms with Crippen LogP contribution in [0.1, 0.15) is 19.8 Å². The van der Waals surface area contributed by atoms with Crippen LogP contribution in [0.2, 0.25) is 0 Å². The zero-order valence-electron chi connectivity index (χ0n) is 5.31. The molecule has 0 rings (SSSR count). The SMILES string of the molecule is CCCC#COC(N)=O. The second-order valence-electron chi connectivity index (χ2n) is 1.45. The predicted octanol–water partition coefficient (Wildman–Crippen LogP) is 0.843. The average Bonchev–Trinajstić information content (AvgIpc) is 1.80. The molecule has 0 bridgehead atoms. The van der Waals surface area contributed by atoms with Gasteiger partial charge in [-0.2, -0.15) is 0 Å². The smallest absolute Gasteiger partial charge is 0.356 e. The van der Waals surface area contributed by atoms with Crippen molar-refractivity contribution < 1.29 is 9.53 Å². The maximum atomic E-state index is 9.86. The standard InChI is InChI=1S/C6H9NO2/c1-2-3-4-5-9-6(7)8/h2-3H2,1H3,(H2,7,8). The van der Waals surface area contributed by atoms with Crippen LogP contribution < -0.4 is 5.73 Å². The summed E-state index contributed by atoms with van der Waals surface area (Å²) in [6.07, 6.45) is 3.00.